The summed E-state index contributed by atoms with van der Waals surface area (Å²) in [4.78, 5) is 4.78. The molecule has 1 N–H and O–H groups in total. The van der Waals surface area contributed by atoms with Crippen LogP contribution < -0.4 is 29.6 Å². The quantitative estimate of drug-likeness (QED) is 0.498. The number of piperazine rings is 1. The van der Waals surface area contributed by atoms with Crippen LogP contribution in [0.1, 0.15) is 16.7 Å². The molecule has 162 valence electrons. The summed E-state index contributed by atoms with van der Waals surface area (Å²) in [5.41, 5.74) is 3.35. The van der Waals surface area contributed by atoms with Crippen molar-refractivity contribution in [2.45, 2.75) is 26.5 Å². The Morgan fingerprint density at radius 3 is 2.10 bits per heavy atom. The van der Waals surface area contributed by atoms with Gasteiger partial charge in [-0.15, -0.1) is 0 Å². The highest BCUT2D eigenvalue weighted by Gasteiger charge is 2.19. The number of ether oxygens (including phenoxy) is 1. The molecule has 0 aliphatic carbocycles. The molecule has 1 aliphatic heterocycles. The van der Waals surface area contributed by atoms with Crippen molar-refractivity contribution in [1.82, 2.24) is 9.80 Å². The summed E-state index contributed by atoms with van der Waals surface area (Å²) >= 11 is 6.19. The number of nitrogens with zero attached hydrogens (tertiary/aromatic N) is 2. The number of halogens is 3. The Labute approximate surface area is 191 Å². The third kappa shape index (κ3) is 7.97. The highest BCUT2D eigenvalue weighted by Crippen LogP contribution is 2.25. The van der Waals surface area contributed by atoms with E-state index in [4.69, 9.17) is 16.3 Å². The number of aryl methyl sites for hydroxylation is 2. The summed E-state index contributed by atoms with van der Waals surface area (Å²) in [7, 11) is 0. The van der Waals surface area contributed by atoms with E-state index in [1.807, 2.05) is 26.0 Å². The zero-order valence-electron chi connectivity index (χ0n) is 17.0. The van der Waals surface area contributed by atoms with E-state index >= 15 is 0 Å². The molecule has 0 spiro atoms. The second kappa shape index (κ2) is 12.6. The lowest BCUT2D eigenvalue weighted by Gasteiger charge is -2.35. The monoisotopic (exact) mass is 458 g/mol. The van der Waals surface area contributed by atoms with Gasteiger partial charge in [-0.25, -0.2) is 0 Å². The number of aliphatic hydroxyl groups is 1. The van der Waals surface area contributed by atoms with Crippen LogP contribution in [0.25, 0.3) is 0 Å². The fraction of sp³-hybridized carbons (Fsp3) is 0.455. The Bertz CT molecular complexity index is 715. The van der Waals surface area contributed by atoms with Crippen molar-refractivity contribution < 1.29 is 34.7 Å². The summed E-state index contributed by atoms with van der Waals surface area (Å²) in [6.45, 7) is 9.87. The van der Waals surface area contributed by atoms with Gasteiger partial charge in [-0.1, -0.05) is 41.9 Å². The van der Waals surface area contributed by atoms with Crippen LogP contribution in [0.2, 0.25) is 5.02 Å². The smallest absolute Gasteiger partial charge is 0.120 e. The number of aliphatic hydroxyl groups excluding tert-OH is 1. The van der Waals surface area contributed by atoms with E-state index in [1.54, 1.807) is 0 Å². The summed E-state index contributed by atoms with van der Waals surface area (Å²) in [6, 6.07) is 14.4. The number of benzene rings is 2. The molecule has 1 atom stereocenters. The molecule has 0 amide bonds. The van der Waals surface area contributed by atoms with Gasteiger partial charge < -0.3 is 34.7 Å². The zero-order valence-corrected chi connectivity index (χ0v) is 19.2. The van der Waals surface area contributed by atoms with Crippen LogP contribution in [0, 0.1) is 13.8 Å². The first kappa shape index (κ1) is 26.0. The van der Waals surface area contributed by atoms with Gasteiger partial charge in [-0.2, -0.15) is 0 Å². The van der Waals surface area contributed by atoms with Crippen molar-refractivity contribution in [3.05, 3.63) is 64.2 Å². The van der Waals surface area contributed by atoms with Crippen molar-refractivity contribution in [1.29, 1.82) is 0 Å². The lowest BCUT2D eigenvalue weighted by molar-refractivity contribution is -0.001000. The third-order valence-electron chi connectivity index (χ3n) is 5.04. The molecule has 0 radical (unpaired) electrons. The lowest BCUT2D eigenvalue weighted by Crippen LogP contribution is -3.00. The molecular formula is C22H29Cl3N2O2-2. The standard InChI is InChI=1S/C22H29ClN2O2.2ClH/c1-17-12-21(13-18(2)22(17)23)27-16-20(26)15-25-10-8-24(9-11-25)14-19-6-4-3-5-7-19;;/h3-7,12-13,20,26H,8-11,14-16H2,1-2H3;2*1H/p-2. The molecule has 1 aliphatic rings. The maximum atomic E-state index is 10.4. The highest BCUT2D eigenvalue weighted by molar-refractivity contribution is 6.32. The molecule has 7 heteroatoms. The van der Waals surface area contributed by atoms with Gasteiger partial charge >= 0.3 is 0 Å². The molecule has 0 bridgehead atoms. The van der Waals surface area contributed by atoms with E-state index in [9.17, 15) is 5.11 Å². The Balaban J connectivity index is 0.00000210. The predicted molar refractivity (Wildman–Crippen MR) is 111 cm³/mol. The average Bonchev–Trinajstić information content (AvgIpc) is 2.67. The van der Waals surface area contributed by atoms with E-state index in [0.29, 0.717) is 13.2 Å². The predicted octanol–water partition coefficient (Wildman–Crippen LogP) is -2.48. The Morgan fingerprint density at radius 1 is 0.966 bits per heavy atom. The van der Waals surface area contributed by atoms with Crippen molar-refractivity contribution >= 4 is 11.6 Å². The maximum absolute atomic E-state index is 10.4. The first-order valence-electron chi connectivity index (χ1n) is 9.57. The van der Waals surface area contributed by atoms with Gasteiger partial charge in [0.15, 0.2) is 0 Å². The van der Waals surface area contributed by atoms with Gasteiger partial charge in [0.25, 0.3) is 0 Å². The summed E-state index contributed by atoms with van der Waals surface area (Å²) in [5.74, 6) is 0.765. The molecular weight excluding hydrogens is 431 g/mol. The van der Waals surface area contributed by atoms with Crippen molar-refractivity contribution in [3.63, 3.8) is 0 Å². The van der Waals surface area contributed by atoms with Crippen LogP contribution in [0.3, 0.4) is 0 Å². The zero-order chi connectivity index (χ0) is 19.2. The Kier molecular flexibility index (Phi) is 11.3. The molecule has 4 nitrogen and oxygen atoms in total. The van der Waals surface area contributed by atoms with Crippen LogP contribution >= 0.6 is 11.6 Å². The second-order valence-electron chi connectivity index (χ2n) is 7.40. The van der Waals surface area contributed by atoms with Gasteiger partial charge in [0.1, 0.15) is 18.5 Å². The summed E-state index contributed by atoms with van der Waals surface area (Å²) < 4.78 is 5.78. The first-order valence-corrected chi connectivity index (χ1v) is 9.95. The van der Waals surface area contributed by atoms with Gasteiger partial charge in [0.05, 0.1) is 0 Å². The minimum Gasteiger partial charge on any atom is -1.00 e. The Hall–Kier alpha value is -1.01. The minimum atomic E-state index is -0.498. The fourth-order valence-corrected chi connectivity index (χ4v) is 3.61. The highest BCUT2D eigenvalue weighted by atomic mass is 35.5. The summed E-state index contributed by atoms with van der Waals surface area (Å²) in [6.07, 6.45) is -0.498. The van der Waals surface area contributed by atoms with Gasteiger partial charge in [0.2, 0.25) is 0 Å². The molecule has 0 aromatic heterocycles. The van der Waals surface area contributed by atoms with E-state index in [-0.39, 0.29) is 24.8 Å². The molecule has 2 aromatic carbocycles. The molecule has 1 unspecified atom stereocenters. The normalized spacial score (nSPS) is 15.9. The molecule has 2 aromatic rings. The number of hydrogen-bond acceptors (Lipinski definition) is 4. The molecule has 0 saturated carbocycles. The average molecular weight is 460 g/mol. The van der Waals surface area contributed by atoms with Gasteiger partial charge in [0, 0.05) is 44.3 Å². The second-order valence-corrected chi connectivity index (χ2v) is 7.78. The molecule has 1 heterocycles. The van der Waals surface area contributed by atoms with Crippen LogP contribution in [0.5, 0.6) is 5.75 Å². The van der Waals surface area contributed by atoms with E-state index in [1.165, 1.54) is 5.56 Å². The molecule has 29 heavy (non-hydrogen) atoms. The maximum Gasteiger partial charge on any atom is 0.120 e. The Morgan fingerprint density at radius 2 is 1.52 bits per heavy atom. The van der Waals surface area contributed by atoms with E-state index in [0.717, 1.165) is 54.6 Å². The van der Waals surface area contributed by atoms with Crippen molar-refractivity contribution in [2.24, 2.45) is 0 Å². The minimum absolute atomic E-state index is 0. The summed E-state index contributed by atoms with van der Waals surface area (Å²) in [5, 5.41) is 11.1. The number of hydrogen-bond donors (Lipinski definition) is 1. The molecule has 1 saturated heterocycles. The largest absolute Gasteiger partial charge is 1.00 e. The van der Waals surface area contributed by atoms with E-state index in [2.05, 4.69) is 40.1 Å². The lowest BCUT2D eigenvalue weighted by atomic mass is 10.1. The van der Waals surface area contributed by atoms with Crippen LogP contribution in [0.4, 0.5) is 0 Å². The third-order valence-corrected chi connectivity index (χ3v) is 5.63. The van der Waals surface area contributed by atoms with Crippen molar-refractivity contribution in [2.75, 3.05) is 39.3 Å². The fourth-order valence-electron chi connectivity index (χ4n) is 3.50. The number of β-amino-alcohol motifs (C(OH)–C–C–N with tert-alkyl or cyclic N) is 1. The SMILES string of the molecule is Cc1cc(OCC(O)CN2CCN(Cc3ccccc3)CC2)cc(C)c1Cl.[Cl-].[Cl-]. The first-order chi connectivity index (χ1) is 13.0. The topological polar surface area (TPSA) is 35.9 Å². The van der Waals surface area contributed by atoms with Gasteiger partial charge in [-0.05, 0) is 42.7 Å². The van der Waals surface area contributed by atoms with Crippen molar-refractivity contribution in [3.8, 4) is 5.75 Å². The molecule has 3 rings (SSSR count). The van der Waals surface area contributed by atoms with Crippen LogP contribution in [-0.4, -0.2) is 60.3 Å². The van der Waals surface area contributed by atoms with Crippen LogP contribution in [-0.2, 0) is 6.54 Å². The number of rotatable bonds is 7. The molecule has 1 fully saturated rings. The van der Waals surface area contributed by atoms with E-state index < -0.39 is 6.10 Å². The van der Waals surface area contributed by atoms with Crippen LogP contribution in [0.15, 0.2) is 42.5 Å². The van der Waals surface area contributed by atoms with Gasteiger partial charge in [-0.3, -0.25) is 9.80 Å².